The van der Waals surface area contributed by atoms with E-state index in [1.54, 1.807) is 0 Å². The van der Waals surface area contributed by atoms with Crippen molar-refractivity contribution in [3.63, 3.8) is 0 Å². The summed E-state index contributed by atoms with van der Waals surface area (Å²) in [6, 6.07) is 0. The molecule has 1 fully saturated rings. The van der Waals surface area contributed by atoms with Gasteiger partial charge in [-0.25, -0.2) is 0 Å². The summed E-state index contributed by atoms with van der Waals surface area (Å²) in [5.74, 6) is 0.659. The highest BCUT2D eigenvalue weighted by molar-refractivity contribution is 6.74. The summed E-state index contributed by atoms with van der Waals surface area (Å²) in [5, 5.41) is 0.224. The molecule has 0 aliphatic carbocycles. The average molecular weight is 286 g/mol. The first kappa shape index (κ1) is 16.7. The fourth-order valence-electron chi connectivity index (χ4n) is 2.16. The van der Waals surface area contributed by atoms with Crippen molar-refractivity contribution in [3.8, 4) is 0 Å². The van der Waals surface area contributed by atoms with Gasteiger partial charge in [-0.2, -0.15) is 0 Å². The van der Waals surface area contributed by atoms with Crippen molar-refractivity contribution in [1.82, 2.24) is 0 Å². The third-order valence-electron chi connectivity index (χ3n) is 4.71. The van der Waals surface area contributed by atoms with Gasteiger partial charge >= 0.3 is 5.97 Å². The van der Waals surface area contributed by atoms with Crippen LogP contribution in [0.4, 0.5) is 0 Å². The summed E-state index contributed by atoms with van der Waals surface area (Å²) in [5.41, 5.74) is 0. The minimum Gasteiger partial charge on any atom is -0.462 e. The molecular formula is C15H30O3Si. The maximum Gasteiger partial charge on any atom is 0.306 e. The minimum atomic E-state index is -1.71. The molecule has 3 atom stereocenters. The number of carbonyl (C=O) groups excluding carboxylic acids is 1. The third-order valence-corrected chi connectivity index (χ3v) is 9.21. The summed E-state index contributed by atoms with van der Waals surface area (Å²) < 4.78 is 11.7. The van der Waals surface area contributed by atoms with Crippen molar-refractivity contribution < 1.29 is 14.0 Å². The highest BCUT2D eigenvalue weighted by atomic mass is 28.4. The number of hydrogen-bond donors (Lipinski definition) is 0. The molecule has 0 aromatic rings. The topological polar surface area (TPSA) is 35.5 Å². The average Bonchev–Trinajstić information content (AvgIpc) is 2.28. The Hall–Kier alpha value is -0.353. The van der Waals surface area contributed by atoms with Gasteiger partial charge in [-0.1, -0.05) is 34.6 Å². The Bertz CT molecular complexity index is 320. The summed E-state index contributed by atoms with van der Waals surface area (Å²) in [6.07, 6.45) is 1.52. The van der Waals surface area contributed by atoms with Crippen LogP contribution in [0, 0.1) is 11.8 Å². The molecule has 0 aromatic heterocycles. The Morgan fingerprint density at radius 3 is 2.53 bits per heavy atom. The highest BCUT2D eigenvalue weighted by Crippen LogP contribution is 2.37. The zero-order valence-corrected chi connectivity index (χ0v) is 14.6. The van der Waals surface area contributed by atoms with E-state index < -0.39 is 8.32 Å². The van der Waals surface area contributed by atoms with Crippen molar-refractivity contribution in [2.45, 2.75) is 71.7 Å². The van der Waals surface area contributed by atoms with Crippen molar-refractivity contribution in [2.75, 3.05) is 6.61 Å². The predicted octanol–water partition coefficient (Wildman–Crippen LogP) is 3.99. The Kier molecular flexibility index (Phi) is 5.24. The van der Waals surface area contributed by atoms with Gasteiger partial charge in [-0.05, 0) is 30.5 Å². The second-order valence-corrected chi connectivity index (χ2v) is 12.3. The van der Waals surface area contributed by atoms with E-state index in [0.717, 1.165) is 6.42 Å². The standard InChI is InChI=1S/C15H30O3Si/c1-11-8-9-13(16)18-14(11)12(2)10-17-19(6,7)15(3,4)5/h11-12,14H,8-10H2,1-7H3/t11-,12-,14?/m1/s1. The molecule has 0 aromatic carbocycles. The van der Waals surface area contributed by atoms with Crippen LogP contribution in [-0.4, -0.2) is 27.0 Å². The van der Waals surface area contributed by atoms with Crippen LogP contribution in [0.3, 0.4) is 0 Å². The SMILES string of the molecule is C[C@@H]1CCC(=O)OC1[C@H](C)CO[Si](C)(C)C(C)(C)C. The molecule has 0 bridgehead atoms. The zero-order chi connectivity index (χ0) is 14.8. The van der Waals surface area contributed by atoms with Gasteiger partial charge in [0.1, 0.15) is 6.10 Å². The van der Waals surface area contributed by atoms with Crippen LogP contribution in [0.25, 0.3) is 0 Å². The molecular weight excluding hydrogens is 256 g/mol. The molecule has 19 heavy (non-hydrogen) atoms. The van der Waals surface area contributed by atoms with Gasteiger partial charge in [0, 0.05) is 18.9 Å². The number of rotatable bonds is 4. The van der Waals surface area contributed by atoms with Crippen molar-refractivity contribution in [3.05, 3.63) is 0 Å². The van der Waals surface area contributed by atoms with Crippen LogP contribution in [0.2, 0.25) is 18.1 Å². The molecule has 1 unspecified atom stereocenters. The number of carbonyl (C=O) groups is 1. The maximum atomic E-state index is 11.4. The van der Waals surface area contributed by atoms with E-state index >= 15 is 0 Å². The van der Waals surface area contributed by atoms with Gasteiger partial charge in [0.05, 0.1) is 0 Å². The molecule has 112 valence electrons. The van der Waals surface area contributed by atoms with Gasteiger partial charge in [0.2, 0.25) is 0 Å². The van der Waals surface area contributed by atoms with Crippen LogP contribution >= 0.6 is 0 Å². The second kappa shape index (κ2) is 5.96. The normalized spacial score (nSPS) is 27.0. The molecule has 0 saturated carbocycles. The summed E-state index contributed by atoms with van der Waals surface area (Å²) >= 11 is 0. The molecule has 0 N–H and O–H groups in total. The number of ether oxygens (including phenoxy) is 1. The van der Waals surface area contributed by atoms with E-state index in [-0.39, 0.29) is 23.0 Å². The second-order valence-electron chi connectivity index (χ2n) is 7.52. The Labute approximate surface area is 119 Å². The molecule has 1 heterocycles. The molecule has 1 aliphatic heterocycles. The third kappa shape index (κ3) is 4.31. The van der Waals surface area contributed by atoms with Gasteiger partial charge in [-0.15, -0.1) is 0 Å². The van der Waals surface area contributed by atoms with Crippen molar-refractivity contribution >= 4 is 14.3 Å². The molecule has 1 aliphatic rings. The summed E-state index contributed by atoms with van der Waals surface area (Å²) in [4.78, 5) is 11.4. The predicted molar refractivity (Wildman–Crippen MR) is 80.6 cm³/mol. The quantitative estimate of drug-likeness (QED) is 0.579. The van der Waals surface area contributed by atoms with Crippen LogP contribution < -0.4 is 0 Å². The summed E-state index contributed by atoms with van der Waals surface area (Å²) in [6.45, 7) is 16.2. The Morgan fingerprint density at radius 2 is 2.00 bits per heavy atom. The fraction of sp³-hybridized carbons (Fsp3) is 0.933. The Balaban J connectivity index is 2.55. The van der Waals surface area contributed by atoms with Gasteiger partial charge in [0.15, 0.2) is 8.32 Å². The highest BCUT2D eigenvalue weighted by Gasteiger charge is 2.39. The largest absolute Gasteiger partial charge is 0.462 e. The molecule has 0 spiro atoms. The smallest absolute Gasteiger partial charge is 0.306 e. The first-order valence-electron chi connectivity index (χ1n) is 7.38. The zero-order valence-electron chi connectivity index (χ0n) is 13.6. The van der Waals surface area contributed by atoms with E-state index in [1.165, 1.54) is 0 Å². The van der Waals surface area contributed by atoms with Crippen LogP contribution in [0.15, 0.2) is 0 Å². The number of esters is 1. The van der Waals surface area contributed by atoms with Crippen LogP contribution in [0.1, 0.15) is 47.5 Å². The van der Waals surface area contributed by atoms with E-state index in [9.17, 15) is 4.79 Å². The summed E-state index contributed by atoms with van der Waals surface area (Å²) in [7, 11) is -1.71. The lowest BCUT2D eigenvalue weighted by molar-refractivity contribution is -0.162. The number of cyclic esters (lactones) is 1. The van der Waals surface area contributed by atoms with Gasteiger partial charge < -0.3 is 9.16 Å². The van der Waals surface area contributed by atoms with Crippen molar-refractivity contribution in [2.24, 2.45) is 11.8 Å². The van der Waals surface area contributed by atoms with Crippen molar-refractivity contribution in [1.29, 1.82) is 0 Å². The monoisotopic (exact) mass is 286 g/mol. The molecule has 3 nitrogen and oxygen atoms in total. The van der Waals surface area contributed by atoms with E-state index in [4.69, 9.17) is 9.16 Å². The lowest BCUT2D eigenvalue weighted by atomic mass is 9.88. The minimum absolute atomic E-state index is 0.0195. The lowest BCUT2D eigenvalue weighted by Gasteiger charge is -2.39. The van der Waals surface area contributed by atoms with E-state index in [2.05, 4.69) is 47.7 Å². The molecule has 1 saturated heterocycles. The lowest BCUT2D eigenvalue weighted by Crippen LogP contribution is -2.44. The van der Waals surface area contributed by atoms with Crippen LogP contribution in [-0.2, 0) is 14.0 Å². The molecule has 0 amide bonds. The van der Waals surface area contributed by atoms with Gasteiger partial charge in [0.25, 0.3) is 0 Å². The van der Waals surface area contributed by atoms with Crippen LogP contribution in [0.5, 0.6) is 0 Å². The maximum absolute atomic E-state index is 11.4. The molecule has 1 rings (SSSR count). The van der Waals surface area contributed by atoms with E-state index in [0.29, 0.717) is 18.9 Å². The molecule has 0 radical (unpaired) electrons. The van der Waals surface area contributed by atoms with Gasteiger partial charge in [-0.3, -0.25) is 4.79 Å². The van der Waals surface area contributed by atoms with E-state index in [1.807, 2.05) is 0 Å². The fourth-order valence-corrected chi connectivity index (χ4v) is 3.28. The molecule has 4 heteroatoms. The first-order valence-corrected chi connectivity index (χ1v) is 10.3. The first-order chi connectivity index (χ1) is 8.54. The Morgan fingerprint density at radius 1 is 1.42 bits per heavy atom. The number of hydrogen-bond acceptors (Lipinski definition) is 3.